The van der Waals surface area contributed by atoms with Crippen LogP contribution in [-0.4, -0.2) is 54.3 Å². The Balaban J connectivity index is 1.35. The molecule has 0 saturated carbocycles. The Hall–Kier alpha value is -1.83. The molecule has 0 radical (unpaired) electrons. The maximum Gasteiger partial charge on any atom is 0.265 e. The topological polar surface area (TPSA) is 52.7 Å². The molecule has 5 nitrogen and oxygen atoms in total. The summed E-state index contributed by atoms with van der Waals surface area (Å²) in [6.45, 7) is 4.48. The van der Waals surface area contributed by atoms with Gasteiger partial charge in [0.2, 0.25) is 5.91 Å². The predicted molar refractivity (Wildman–Crippen MR) is 129 cm³/mol. The third kappa shape index (κ3) is 4.99. The SMILES string of the molecule is Cc1ccc(Cl)cc1NC(=O)CN1CCN(C(=O)c2sc3cc(Cl)ccc3c2Cl)CC1. The molecule has 0 atom stereocenters. The highest BCUT2D eigenvalue weighted by molar-refractivity contribution is 7.21. The lowest BCUT2D eigenvalue weighted by molar-refractivity contribution is -0.117. The second-order valence-corrected chi connectivity index (χ2v) is 9.76. The van der Waals surface area contributed by atoms with Gasteiger partial charge in [-0.3, -0.25) is 14.5 Å². The molecule has 4 rings (SSSR count). The molecule has 162 valence electrons. The van der Waals surface area contributed by atoms with Gasteiger partial charge in [-0.05, 0) is 36.8 Å². The van der Waals surface area contributed by atoms with Gasteiger partial charge in [-0.15, -0.1) is 11.3 Å². The van der Waals surface area contributed by atoms with E-state index in [2.05, 4.69) is 5.32 Å². The number of thiophene rings is 1. The number of piperazine rings is 1. The number of anilines is 1. The van der Waals surface area contributed by atoms with E-state index in [4.69, 9.17) is 34.8 Å². The van der Waals surface area contributed by atoms with Crippen LogP contribution in [0.1, 0.15) is 15.2 Å². The number of rotatable bonds is 4. The first-order valence-electron chi connectivity index (χ1n) is 9.77. The highest BCUT2D eigenvalue weighted by Crippen LogP contribution is 2.37. The zero-order valence-corrected chi connectivity index (χ0v) is 19.8. The summed E-state index contributed by atoms with van der Waals surface area (Å²) in [5.41, 5.74) is 1.67. The Labute approximate surface area is 199 Å². The first-order chi connectivity index (χ1) is 14.8. The number of fused-ring (bicyclic) bond motifs is 1. The van der Waals surface area contributed by atoms with E-state index >= 15 is 0 Å². The number of nitrogens with one attached hydrogen (secondary N) is 1. The van der Waals surface area contributed by atoms with Crippen molar-refractivity contribution in [1.29, 1.82) is 0 Å². The van der Waals surface area contributed by atoms with E-state index in [9.17, 15) is 9.59 Å². The van der Waals surface area contributed by atoms with Crippen LogP contribution in [0, 0.1) is 6.92 Å². The maximum atomic E-state index is 13.0. The summed E-state index contributed by atoms with van der Waals surface area (Å²) in [4.78, 5) is 29.8. The van der Waals surface area contributed by atoms with E-state index in [0.29, 0.717) is 51.8 Å². The maximum absolute atomic E-state index is 13.0. The monoisotopic (exact) mass is 495 g/mol. The largest absolute Gasteiger partial charge is 0.335 e. The zero-order chi connectivity index (χ0) is 22.1. The van der Waals surface area contributed by atoms with Crippen LogP contribution in [0.5, 0.6) is 0 Å². The van der Waals surface area contributed by atoms with Crippen molar-refractivity contribution in [2.45, 2.75) is 6.92 Å². The van der Waals surface area contributed by atoms with Crippen LogP contribution in [0.2, 0.25) is 15.1 Å². The molecule has 0 spiro atoms. The van der Waals surface area contributed by atoms with E-state index in [0.717, 1.165) is 15.6 Å². The quantitative estimate of drug-likeness (QED) is 0.514. The van der Waals surface area contributed by atoms with E-state index in [1.54, 1.807) is 23.1 Å². The van der Waals surface area contributed by atoms with Crippen molar-refractivity contribution >= 4 is 73.7 Å². The molecule has 3 aromatic rings. The van der Waals surface area contributed by atoms with Crippen LogP contribution in [-0.2, 0) is 4.79 Å². The number of hydrogen-bond donors (Lipinski definition) is 1. The molecular weight excluding hydrogens is 477 g/mol. The van der Waals surface area contributed by atoms with E-state index < -0.39 is 0 Å². The molecule has 1 fully saturated rings. The summed E-state index contributed by atoms with van der Waals surface area (Å²) >= 11 is 19.9. The van der Waals surface area contributed by atoms with Crippen LogP contribution < -0.4 is 5.32 Å². The number of benzene rings is 2. The smallest absolute Gasteiger partial charge is 0.265 e. The van der Waals surface area contributed by atoms with Gasteiger partial charge in [-0.1, -0.05) is 46.9 Å². The van der Waals surface area contributed by atoms with Gasteiger partial charge >= 0.3 is 0 Å². The molecule has 1 aliphatic heterocycles. The zero-order valence-electron chi connectivity index (χ0n) is 16.8. The molecule has 1 aromatic heterocycles. The molecule has 2 aromatic carbocycles. The van der Waals surface area contributed by atoms with Crippen LogP contribution in [0.4, 0.5) is 5.69 Å². The average molecular weight is 497 g/mol. The van der Waals surface area contributed by atoms with Gasteiger partial charge in [0.25, 0.3) is 5.91 Å². The van der Waals surface area contributed by atoms with E-state index in [1.165, 1.54) is 11.3 Å². The standard InChI is InChI=1S/C22H20Cl3N3O2S/c1-13-2-3-14(23)10-17(13)26-19(29)12-27-6-8-28(9-7-27)22(30)21-20(25)16-5-4-15(24)11-18(16)31-21/h2-5,10-11H,6-9,12H2,1H3,(H,26,29). The lowest BCUT2D eigenvalue weighted by Crippen LogP contribution is -2.50. The third-order valence-corrected chi connectivity index (χ3v) is 7.40. The first kappa shape index (κ1) is 22.4. The van der Waals surface area contributed by atoms with Crippen LogP contribution in [0.3, 0.4) is 0 Å². The molecule has 31 heavy (non-hydrogen) atoms. The van der Waals surface area contributed by atoms with Gasteiger partial charge in [0, 0.05) is 52.0 Å². The highest BCUT2D eigenvalue weighted by Gasteiger charge is 2.27. The van der Waals surface area contributed by atoms with Gasteiger partial charge in [0.1, 0.15) is 4.88 Å². The Kier molecular flexibility index (Phi) is 6.74. The number of aryl methyl sites for hydroxylation is 1. The van der Waals surface area contributed by atoms with Crippen molar-refractivity contribution < 1.29 is 9.59 Å². The summed E-state index contributed by atoms with van der Waals surface area (Å²) in [7, 11) is 0. The molecule has 9 heteroatoms. The fourth-order valence-corrected chi connectivity index (χ4v) is 5.48. The number of halogens is 3. The van der Waals surface area contributed by atoms with Crippen molar-refractivity contribution in [2.24, 2.45) is 0 Å². The minimum atomic E-state index is -0.102. The fourth-order valence-electron chi connectivity index (χ4n) is 3.55. The minimum Gasteiger partial charge on any atom is -0.335 e. The van der Waals surface area contributed by atoms with Crippen molar-refractivity contribution in [1.82, 2.24) is 9.80 Å². The Bertz CT molecular complexity index is 1160. The summed E-state index contributed by atoms with van der Waals surface area (Å²) in [6, 6.07) is 10.8. The number of amides is 2. The molecule has 2 amide bonds. The molecule has 1 aliphatic rings. The second kappa shape index (κ2) is 9.35. The number of carbonyl (C=O) groups excluding carboxylic acids is 2. The van der Waals surface area contributed by atoms with E-state index in [1.807, 2.05) is 30.0 Å². The van der Waals surface area contributed by atoms with Gasteiger partial charge in [0.15, 0.2) is 0 Å². The first-order valence-corrected chi connectivity index (χ1v) is 11.7. The van der Waals surface area contributed by atoms with Gasteiger partial charge in [-0.2, -0.15) is 0 Å². The Morgan fingerprint density at radius 1 is 1.00 bits per heavy atom. The minimum absolute atomic E-state index is 0.0824. The third-order valence-electron chi connectivity index (χ3n) is 5.29. The van der Waals surface area contributed by atoms with Crippen molar-refractivity contribution in [3.8, 4) is 0 Å². The molecule has 0 unspecified atom stereocenters. The fraction of sp³-hybridized carbons (Fsp3) is 0.273. The predicted octanol–water partition coefficient (Wildman–Crippen LogP) is 5.57. The number of hydrogen-bond acceptors (Lipinski definition) is 4. The van der Waals surface area contributed by atoms with E-state index in [-0.39, 0.29) is 18.4 Å². The van der Waals surface area contributed by atoms with Crippen molar-refractivity contribution in [3.05, 3.63) is 61.9 Å². The van der Waals surface area contributed by atoms with Crippen LogP contribution in [0.25, 0.3) is 10.1 Å². The lowest BCUT2D eigenvalue weighted by Gasteiger charge is -2.34. The molecule has 2 heterocycles. The summed E-state index contributed by atoms with van der Waals surface area (Å²) in [5, 5.41) is 5.42. The summed E-state index contributed by atoms with van der Waals surface area (Å²) in [5.74, 6) is -0.185. The van der Waals surface area contributed by atoms with Crippen LogP contribution >= 0.6 is 46.1 Å². The van der Waals surface area contributed by atoms with Crippen LogP contribution in [0.15, 0.2) is 36.4 Å². The Morgan fingerprint density at radius 3 is 2.42 bits per heavy atom. The molecule has 1 N–H and O–H groups in total. The molecule has 0 bridgehead atoms. The van der Waals surface area contributed by atoms with Gasteiger partial charge in [-0.25, -0.2) is 0 Å². The van der Waals surface area contributed by atoms with Gasteiger partial charge in [0.05, 0.1) is 11.6 Å². The van der Waals surface area contributed by atoms with Crippen molar-refractivity contribution in [2.75, 3.05) is 38.0 Å². The lowest BCUT2D eigenvalue weighted by atomic mass is 10.2. The summed E-state index contributed by atoms with van der Waals surface area (Å²) < 4.78 is 0.896. The molecule has 0 aliphatic carbocycles. The Morgan fingerprint density at radius 2 is 1.68 bits per heavy atom. The van der Waals surface area contributed by atoms with Gasteiger partial charge < -0.3 is 10.2 Å². The highest BCUT2D eigenvalue weighted by atomic mass is 35.5. The summed E-state index contributed by atoms with van der Waals surface area (Å²) in [6.07, 6.45) is 0. The normalized spacial score (nSPS) is 14.8. The average Bonchev–Trinajstić information content (AvgIpc) is 3.06. The molecule has 1 saturated heterocycles. The second-order valence-electron chi connectivity index (χ2n) is 7.46. The van der Waals surface area contributed by atoms with Crippen molar-refractivity contribution in [3.63, 3.8) is 0 Å². The number of nitrogens with zero attached hydrogens (tertiary/aromatic N) is 2. The molecular formula is C22H20Cl3N3O2S. The number of carbonyl (C=O) groups is 2.